The predicted molar refractivity (Wildman–Crippen MR) is 94.5 cm³/mol. The van der Waals surface area contributed by atoms with E-state index in [-0.39, 0.29) is 11.5 Å². The molecule has 0 N–H and O–H groups in total. The van der Waals surface area contributed by atoms with Crippen molar-refractivity contribution in [3.63, 3.8) is 0 Å². The zero-order valence-corrected chi connectivity index (χ0v) is 15.8. The lowest BCUT2D eigenvalue weighted by Crippen LogP contribution is -1.98. The van der Waals surface area contributed by atoms with Gasteiger partial charge in [0.2, 0.25) is 5.89 Å². The van der Waals surface area contributed by atoms with Crippen LogP contribution in [0.1, 0.15) is 9.67 Å². The summed E-state index contributed by atoms with van der Waals surface area (Å²) in [5.74, 6) is 0.755. The maximum atomic E-state index is 12.0. The van der Waals surface area contributed by atoms with E-state index < -0.39 is 0 Å². The average molecular weight is 460 g/mol. The summed E-state index contributed by atoms with van der Waals surface area (Å²) < 4.78 is 7.46. The lowest BCUT2D eigenvalue weighted by atomic mass is 10.2. The van der Waals surface area contributed by atoms with Crippen LogP contribution in [0.5, 0.6) is 0 Å². The van der Waals surface area contributed by atoms with Gasteiger partial charge in [0.1, 0.15) is 0 Å². The molecule has 0 aliphatic carbocycles. The van der Waals surface area contributed by atoms with E-state index in [1.165, 1.54) is 23.1 Å². The Morgan fingerprint density at radius 3 is 2.82 bits per heavy atom. The Hall–Kier alpha value is -0.960. The molecule has 3 rings (SSSR count). The van der Waals surface area contributed by atoms with E-state index in [1.807, 2.05) is 30.3 Å². The molecule has 0 aliphatic heterocycles. The number of carbonyl (C=O) groups is 1. The fraction of sp³-hybridized carbons (Fsp3) is 0.0714. The lowest BCUT2D eigenvalue weighted by molar-refractivity contribution is 0.102. The van der Waals surface area contributed by atoms with E-state index in [2.05, 4.69) is 42.1 Å². The molecule has 0 aliphatic rings. The van der Waals surface area contributed by atoms with Crippen LogP contribution in [-0.2, 0) is 0 Å². The number of nitrogens with zero attached hydrogens (tertiary/aromatic N) is 2. The number of halogens is 2. The predicted octanol–water partition coefficient (Wildman–Crippen LogP) is 5.30. The Morgan fingerprint density at radius 2 is 2.09 bits per heavy atom. The minimum absolute atomic E-state index is 0.0444. The minimum Gasteiger partial charge on any atom is -0.411 e. The summed E-state index contributed by atoms with van der Waals surface area (Å²) >= 11 is 9.41. The molecule has 112 valence electrons. The molecule has 0 amide bonds. The second-order valence-corrected chi connectivity index (χ2v) is 8.50. The van der Waals surface area contributed by atoms with Crippen LogP contribution in [0.2, 0.25) is 0 Å². The molecule has 2 heterocycles. The van der Waals surface area contributed by atoms with Crippen molar-refractivity contribution in [1.82, 2.24) is 10.2 Å². The van der Waals surface area contributed by atoms with Crippen molar-refractivity contribution in [1.29, 1.82) is 0 Å². The van der Waals surface area contributed by atoms with Gasteiger partial charge >= 0.3 is 0 Å². The number of benzene rings is 1. The molecular weight excluding hydrogens is 452 g/mol. The van der Waals surface area contributed by atoms with Crippen molar-refractivity contribution in [2.45, 2.75) is 5.22 Å². The van der Waals surface area contributed by atoms with E-state index >= 15 is 0 Å². The number of thiophene rings is 1. The Balaban J connectivity index is 1.66. The molecule has 0 saturated carbocycles. The first kappa shape index (κ1) is 15.9. The minimum atomic E-state index is 0.0444. The van der Waals surface area contributed by atoms with Crippen molar-refractivity contribution in [2.24, 2.45) is 0 Å². The summed E-state index contributed by atoms with van der Waals surface area (Å²) in [6, 6.07) is 11.3. The fourth-order valence-corrected chi connectivity index (χ4v) is 4.13. The van der Waals surface area contributed by atoms with Crippen LogP contribution >= 0.6 is 55.0 Å². The third-order valence-electron chi connectivity index (χ3n) is 2.65. The lowest BCUT2D eigenvalue weighted by Gasteiger charge is -1.96. The molecule has 1 aromatic carbocycles. The van der Waals surface area contributed by atoms with Crippen molar-refractivity contribution >= 4 is 60.7 Å². The molecule has 8 heteroatoms. The Morgan fingerprint density at radius 1 is 1.23 bits per heavy atom. The van der Waals surface area contributed by atoms with Gasteiger partial charge in [0.05, 0.1) is 14.4 Å². The van der Waals surface area contributed by atoms with E-state index in [9.17, 15) is 4.79 Å². The second kappa shape index (κ2) is 7.08. The van der Waals surface area contributed by atoms with Gasteiger partial charge in [0, 0.05) is 10.0 Å². The molecule has 0 spiro atoms. The van der Waals surface area contributed by atoms with Crippen LogP contribution in [0.3, 0.4) is 0 Å². The van der Waals surface area contributed by atoms with Crippen LogP contribution in [0, 0.1) is 0 Å². The first-order valence-electron chi connectivity index (χ1n) is 6.12. The summed E-state index contributed by atoms with van der Waals surface area (Å²) in [6.07, 6.45) is 0. The summed E-state index contributed by atoms with van der Waals surface area (Å²) in [7, 11) is 0. The quantitative estimate of drug-likeness (QED) is 0.382. The third-order valence-corrected chi connectivity index (χ3v) is 5.63. The molecule has 22 heavy (non-hydrogen) atoms. The molecule has 0 saturated heterocycles. The van der Waals surface area contributed by atoms with Crippen LogP contribution in [-0.4, -0.2) is 21.7 Å². The maximum Gasteiger partial charge on any atom is 0.277 e. The summed E-state index contributed by atoms with van der Waals surface area (Å²) in [4.78, 5) is 12.7. The van der Waals surface area contributed by atoms with Gasteiger partial charge in [-0.2, -0.15) is 0 Å². The van der Waals surface area contributed by atoms with Crippen LogP contribution in [0.4, 0.5) is 0 Å². The van der Waals surface area contributed by atoms with Gasteiger partial charge in [0.15, 0.2) is 5.78 Å². The summed E-state index contributed by atoms with van der Waals surface area (Å²) in [5, 5.41) is 8.36. The van der Waals surface area contributed by atoms with Gasteiger partial charge in [0.25, 0.3) is 5.22 Å². The third kappa shape index (κ3) is 3.87. The number of hydrogen-bond acceptors (Lipinski definition) is 6. The first-order chi connectivity index (χ1) is 10.6. The average Bonchev–Trinajstić information content (AvgIpc) is 3.14. The Kier molecular flexibility index (Phi) is 5.12. The van der Waals surface area contributed by atoms with E-state index in [4.69, 9.17) is 4.42 Å². The Bertz CT molecular complexity index is 817. The van der Waals surface area contributed by atoms with Crippen molar-refractivity contribution in [2.75, 3.05) is 5.75 Å². The number of hydrogen-bond donors (Lipinski definition) is 0. The van der Waals surface area contributed by atoms with Gasteiger partial charge in [-0.25, -0.2) is 0 Å². The topological polar surface area (TPSA) is 56.0 Å². The summed E-state index contributed by atoms with van der Waals surface area (Å²) in [5.41, 5.74) is 0.835. The standard InChI is InChI=1S/C14H8Br2N2O2S2/c15-9-3-1-2-8(6-9)13-17-18-14(20-13)21-7-10(19)11-4-5-12(16)22-11/h1-6H,7H2. The van der Waals surface area contributed by atoms with Gasteiger partial charge in [-0.3, -0.25) is 4.79 Å². The number of carbonyl (C=O) groups excluding carboxylic acids is 1. The molecule has 2 aromatic heterocycles. The number of ketones is 1. The van der Waals surface area contributed by atoms with Crippen molar-refractivity contribution in [3.8, 4) is 11.5 Å². The van der Waals surface area contributed by atoms with Crippen molar-refractivity contribution < 1.29 is 9.21 Å². The SMILES string of the molecule is O=C(CSc1nnc(-c2cccc(Br)c2)o1)c1ccc(Br)s1. The highest BCUT2D eigenvalue weighted by Gasteiger charge is 2.13. The van der Waals surface area contributed by atoms with E-state index in [1.54, 1.807) is 6.07 Å². The largest absolute Gasteiger partial charge is 0.411 e. The molecule has 0 bridgehead atoms. The molecule has 4 nitrogen and oxygen atoms in total. The van der Waals surface area contributed by atoms with E-state index in [0.717, 1.165) is 13.8 Å². The van der Waals surface area contributed by atoms with Crippen LogP contribution < -0.4 is 0 Å². The Labute approximate surface area is 151 Å². The second-order valence-electron chi connectivity index (χ2n) is 4.20. The molecular formula is C14H8Br2N2O2S2. The highest BCUT2D eigenvalue weighted by molar-refractivity contribution is 9.11. The number of rotatable bonds is 5. The molecule has 3 aromatic rings. The fourth-order valence-electron chi connectivity index (χ4n) is 1.67. The van der Waals surface area contributed by atoms with Gasteiger partial charge in [-0.1, -0.05) is 33.8 Å². The van der Waals surface area contributed by atoms with Gasteiger partial charge < -0.3 is 4.42 Å². The smallest absolute Gasteiger partial charge is 0.277 e. The zero-order chi connectivity index (χ0) is 15.5. The van der Waals surface area contributed by atoms with Gasteiger partial charge in [-0.15, -0.1) is 21.5 Å². The molecule has 0 atom stereocenters. The summed E-state index contributed by atoms with van der Waals surface area (Å²) in [6.45, 7) is 0. The number of thioether (sulfide) groups is 1. The molecule has 0 unspecified atom stereocenters. The van der Waals surface area contributed by atoms with E-state index in [0.29, 0.717) is 16.0 Å². The highest BCUT2D eigenvalue weighted by atomic mass is 79.9. The first-order valence-corrected chi connectivity index (χ1v) is 9.51. The number of aromatic nitrogens is 2. The zero-order valence-electron chi connectivity index (χ0n) is 11.0. The van der Waals surface area contributed by atoms with Crippen LogP contribution in [0.25, 0.3) is 11.5 Å². The van der Waals surface area contributed by atoms with Crippen LogP contribution in [0.15, 0.2) is 54.3 Å². The number of Topliss-reactive ketones (excluding diaryl/α,β-unsaturated/α-hetero) is 1. The van der Waals surface area contributed by atoms with Gasteiger partial charge in [-0.05, 0) is 46.3 Å². The molecule has 0 fully saturated rings. The molecule has 0 radical (unpaired) electrons. The normalized spacial score (nSPS) is 10.8. The maximum absolute atomic E-state index is 12.0. The monoisotopic (exact) mass is 458 g/mol. The van der Waals surface area contributed by atoms with Crippen molar-refractivity contribution in [3.05, 3.63) is 49.5 Å². The highest BCUT2D eigenvalue weighted by Crippen LogP contribution is 2.27.